The number of rotatable bonds is 4. The van der Waals surface area contributed by atoms with E-state index in [1.165, 1.54) is 0 Å². The molecule has 3 N–H and O–H groups in total. The zero-order valence-electron chi connectivity index (χ0n) is 17.7. The molecule has 0 spiro atoms. The van der Waals surface area contributed by atoms with Crippen molar-refractivity contribution in [2.24, 2.45) is 0 Å². The Balaban J connectivity index is 1.34. The highest BCUT2D eigenvalue weighted by molar-refractivity contribution is 6.08. The van der Waals surface area contributed by atoms with E-state index in [1.807, 2.05) is 78.9 Å². The summed E-state index contributed by atoms with van der Waals surface area (Å²) in [6.45, 7) is 0. The van der Waals surface area contributed by atoms with E-state index in [2.05, 4.69) is 27.6 Å². The van der Waals surface area contributed by atoms with Crippen molar-refractivity contribution >= 4 is 33.2 Å². The third kappa shape index (κ3) is 3.46. The standard InChI is InChI=1S/C28H20N4O/c33-27-12-6-3-7-20(27)26-17-25(31-32-26)18-13-15-19(16-14-18)29-28-21-8-1-4-10-23(21)30-24-11-5-2-9-22(24)28/h1-17,33H,(H,29,30)(H,31,32). The summed E-state index contributed by atoms with van der Waals surface area (Å²) in [6.07, 6.45) is 0. The van der Waals surface area contributed by atoms with Crippen molar-refractivity contribution in [1.29, 1.82) is 0 Å². The Morgan fingerprint density at radius 2 is 1.33 bits per heavy atom. The van der Waals surface area contributed by atoms with E-state index in [1.54, 1.807) is 12.1 Å². The molecule has 0 saturated heterocycles. The molecule has 0 unspecified atom stereocenters. The van der Waals surface area contributed by atoms with Crippen molar-refractivity contribution < 1.29 is 5.11 Å². The lowest BCUT2D eigenvalue weighted by Gasteiger charge is -2.13. The largest absolute Gasteiger partial charge is 0.507 e. The summed E-state index contributed by atoms with van der Waals surface area (Å²) >= 11 is 0. The number of phenolic OH excluding ortho intramolecular Hbond substituents is 1. The van der Waals surface area contributed by atoms with Crippen molar-refractivity contribution in [1.82, 2.24) is 15.2 Å². The highest BCUT2D eigenvalue weighted by Crippen LogP contribution is 2.34. The first-order valence-electron chi connectivity index (χ1n) is 10.7. The average Bonchev–Trinajstić information content (AvgIpc) is 3.35. The monoisotopic (exact) mass is 428 g/mol. The number of fused-ring (bicyclic) bond motifs is 2. The topological polar surface area (TPSA) is 73.8 Å². The SMILES string of the molecule is Oc1ccccc1-c1cc(-c2ccc(Nc3c4ccccc4nc4ccccc34)cc2)n[nH]1. The minimum absolute atomic E-state index is 0.226. The zero-order valence-corrected chi connectivity index (χ0v) is 17.7. The Morgan fingerprint density at radius 3 is 2.03 bits per heavy atom. The van der Waals surface area contributed by atoms with Crippen LogP contribution >= 0.6 is 0 Å². The fraction of sp³-hybridized carbons (Fsp3) is 0. The molecule has 5 nitrogen and oxygen atoms in total. The number of aromatic hydroxyl groups is 1. The minimum Gasteiger partial charge on any atom is -0.507 e. The maximum atomic E-state index is 10.1. The molecule has 33 heavy (non-hydrogen) atoms. The van der Waals surface area contributed by atoms with Crippen LogP contribution in [0.25, 0.3) is 44.3 Å². The lowest BCUT2D eigenvalue weighted by Crippen LogP contribution is -1.95. The van der Waals surface area contributed by atoms with Gasteiger partial charge in [0.05, 0.1) is 28.1 Å². The third-order valence-corrected chi connectivity index (χ3v) is 5.81. The van der Waals surface area contributed by atoms with E-state index in [4.69, 9.17) is 4.98 Å². The number of benzene rings is 4. The van der Waals surface area contributed by atoms with Gasteiger partial charge in [-0.2, -0.15) is 5.10 Å². The fourth-order valence-electron chi connectivity index (χ4n) is 4.15. The molecule has 5 heteroatoms. The number of phenols is 1. The van der Waals surface area contributed by atoms with E-state index in [9.17, 15) is 5.11 Å². The first kappa shape index (κ1) is 19.1. The Kier molecular flexibility index (Phi) is 4.51. The van der Waals surface area contributed by atoms with Crippen molar-refractivity contribution in [3.63, 3.8) is 0 Å². The Morgan fingerprint density at radius 1 is 0.697 bits per heavy atom. The van der Waals surface area contributed by atoms with Gasteiger partial charge in [0.15, 0.2) is 0 Å². The normalized spacial score (nSPS) is 11.2. The number of pyridine rings is 1. The molecule has 158 valence electrons. The first-order valence-corrected chi connectivity index (χ1v) is 10.7. The van der Waals surface area contributed by atoms with Crippen LogP contribution in [0.2, 0.25) is 0 Å². The minimum atomic E-state index is 0.226. The fourth-order valence-corrected chi connectivity index (χ4v) is 4.15. The quantitative estimate of drug-likeness (QED) is 0.267. The third-order valence-electron chi connectivity index (χ3n) is 5.81. The Hall–Kier alpha value is -4.64. The van der Waals surface area contributed by atoms with Crippen molar-refractivity contribution in [2.45, 2.75) is 0 Å². The highest BCUT2D eigenvalue weighted by Gasteiger charge is 2.11. The van der Waals surface area contributed by atoms with E-state index in [0.717, 1.165) is 55.7 Å². The summed E-state index contributed by atoms with van der Waals surface area (Å²) < 4.78 is 0. The van der Waals surface area contributed by atoms with Gasteiger partial charge in [0.2, 0.25) is 0 Å². The van der Waals surface area contributed by atoms with E-state index < -0.39 is 0 Å². The van der Waals surface area contributed by atoms with Crippen LogP contribution in [0.5, 0.6) is 5.75 Å². The van der Waals surface area contributed by atoms with Gasteiger partial charge in [-0.15, -0.1) is 0 Å². The molecule has 6 aromatic rings. The smallest absolute Gasteiger partial charge is 0.124 e. The summed E-state index contributed by atoms with van der Waals surface area (Å²) in [6, 6.07) is 33.7. The maximum Gasteiger partial charge on any atom is 0.124 e. The number of anilines is 2. The molecule has 6 rings (SSSR count). The molecule has 2 heterocycles. The number of aromatic nitrogens is 3. The van der Waals surface area contributed by atoms with E-state index in [0.29, 0.717) is 0 Å². The van der Waals surface area contributed by atoms with Gasteiger partial charge < -0.3 is 10.4 Å². The Labute approximate surface area is 190 Å². The number of hydrogen-bond donors (Lipinski definition) is 3. The lowest BCUT2D eigenvalue weighted by atomic mass is 10.1. The van der Waals surface area contributed by atoms with Crippen LogP contribution in [0.1, 0.15) is 0 Å². The van der Waals surface area contributed by atoms with Gasteiger partial charge in [0, 0.05) is 27.6 Å². The van der Waals surface area contributed by atoms with Gasteiger partial charge in [-0.1, -0.05) is 60.7 Å². The molecule has 0 radical (unpaired) electrons. The molecule has 0 atom stereocenters. The predicted octanol–water partition coefficient (Wildman–Crippen LogP) is 6.89. The summed E-state index contributed by atoms with van der Waals surface area (Å²) in [5.74, 6) is 0.226. The second kappa shape index (κ2) is 7.80. The van der Waals surface area contributed by atoms with Crippen LogP contribution in [0, 0.1) is 0 Å². The van der Waals surface area contributed by atoms with Gasteiger partial charge in [-0.25, -0.2) is 4.98 Å². The van der Waals surface area contributed by atoms with Crippen molar-refractivity contribution in [3.8, 4) is 28.3 Å². The van der Waals surface area contributed by atoms with Crippen LogP contribution < -0.4 is 5.32 Å². The van der Waals surface area contributed by atoms with Gasteiger partial charge in [-0.3, -0.25) is 5.10 Å². The molecular formula is C28H20N4O. The van der Waals surface area contributed by atoms with Gasteiger partial charge in [0.25, 0.3) is 0 Å². The highest BCUT2D eigenvalue weighted by atomic mass is 16.3. The number of H-pyrrole nitrogens is 1. The molecular weight excluding hydrogens is 408 g/mol. The predicted molar refractivity (Wildman–Crippen MR) is 134 cm³/mol. The molecule has 0 fully saturated rings. The molecule has 0 amide bonds. The zero-order chi connectivity index (χ0) is 22.2. The van der Waals surface area contributed by atoms with Crippen molar-refractivity contribution in [2.75, 3.05) is 5.32 Å². The molecule has 4 aromatic carbocycles. The maximum absolute atomic E-state index is 10.1. The number of aromatic amines is 1. The van der Waals surface area contributed by atoms with Crippen molar-refractivity contribution in [3.05, 3.63) is 103 Å². The summed E-state index contributed by atoms with van der Waals surface area (Å²) in [5, 5.41) is 23.3. The van der Waals surface area contributed by atoms with Crippen LogP contribution in [0.4, 0.5) is 11.4 Å². The van der Waals surface area contributed by atoms with Crippen LogP contribution in [-0.4, -0.2) is 20.3 Å². The van der Waals surface area contributed by atoms with E-state index in [-0.39, 0.29) is 5.75 Å². The van der Waals surface area contributed by atoms with Crippen LogP contribution in [-0.2, 0) is 0 Å². The van der Waals surface area contributed by atoms with E-state index >= 15 is 0 Å². The van der Waals surface area contributed by atoms with Gasteiger partial charge in [-0.05, 0) is 42.5 Å². The second-order valence-electron chi connectivity index (χ2n) is 7.91. The van der Waals surface area contributed by atoms with Crippen LogP contribution in [0.3, 0.4) is 0 Å². The lowest BCUT2D eigenvalue weighted by molar-refractivity contribution is 0.477. The summed E-state index contributed by atoms with van der Waals surface area (Å²) in [7, 11) is 0. The number of para-hydroxylation sites is 3. The molecule has 2 aromatic heterocycles. The molecule has 0 bridgehead atoms. The summed E-state index contributed by atoms with van der Waals surface area (Å²) in [4.78, 5) is 4.80. The van der Waals surface area contributed by atoms with Crippen LogP contribution in [0.15, 0.2) is 103 Å². The molecule has 0 aliphatic rings. The number of nitrogens with zero attached hydrogens (tertiary/aromatic N) is 2. The molecule has 0 aliphatic carbocycles. The number of nitrogens with one attached hydrogen (secondary N) is 2. The van der Waals surface area contributed by atoms with Gasteiger partial charge in [0.1, 0.15) is 5.75 Å². The molecule has 0 saturated carbocycles. The Bertz CT molecular complexity index is 1550. The summed E-state index contributed by atoms with van der Waals surface area (Å²) in [5.41, 5.74) is 7.27. The van der Waals surface area contributed by atoms with Gasteiger partial charge >= 0.3 is 0 Å². The second-order valence-corrected chi connectivity index (χ2v) is 7.91. The first-order chi connectivity index (χ1) is 16.3. The number of hydrogen-bond acceptors (Lipinski definition) is 4. The molecule has 0 aliphatic heterocycles. The average molecular weight is 428 g/mol.